The van der Waals surface area contributed by atoms with Crippen LogP contribution in [0.25, 0.3) is 0 Å². The van der Waals surface area contributed by atoms with Gasteiger partial charge in [-0.2, -0.15) is 0 Å². The Labute approximate surface area is 327 Å². The van der Waals surface area contributed by atoms with E-state index in [0.717, 1.165) is 30.4 Å². The van der Waals surface area contributed by atoms with Crippen LogP contribution in [0.5, 0.6) is 5.75 Å². The second-order valence-electron chi connectivity index (χ2n) is 14.3. The van der Waals surface area contributed by atoms with E-state index in [4.69, 9.17) is 11.2 Å². The second-order valence-corrected chi connectivity index (χ2v) is 14.3. The number of hydrogen-bond acceptors (Lipinski definition) is 11. The predicted molar refractivity (Wildman–Crippen MR) is 213 cm³/mol. The molecule has 4 rings (SSSR count). The smallest absolute Gasteiger partial charge is 0.410 e. The Bertz CT molecular complexity index is 1430. The molecular formula is C41H63N5O9. The number of ether oxygens (including phenoxy) is 3. The Hall–Kier alpha value is -4.81. The molecule has 2 atom stereocenters. The zero-order valence-electron chi connectivity index (χ0n) is 33.9. The molecular weight excluding hydrogens is 706 g/mol. The Balaban J connectivity index is 0.000000910. The van der Waals surface area contributed by atoms with E-state index in [0.29, 0.717) is 70.7 Å². The molecule has 0 spiro atoms. The van der Waals surface area contributed by atoms with Crippen molar-refractivity contribution in [1.82, 2.24) is 20.0 Å². The molecule has 3 amide bonds. The summed E-state index contributed by atoms with van der Waals surface area (Å²) in [4.78, 5) is 61.5. The number of nitrogens with zero attached hydrogens (tertiary/aromatic N) is 3. The molecule has 14 nitrogen and oxygen atoms in total. The number of terminal acetylenes is 1. The maximum Gasteiger partial charge on any atom is 0.410 e. The standard InChI is InChI=1S/C21H37N3O5.C10H9NO.C7H6O2.C2H6O.CH5N/c1-20(2,3)29-19(28)24-11-10-22(13-16(24)15-25)9-7-21(4,5)12-18(27)23-8-6-17(26)14-23;1-2-9-3-5-10(6-4-9)7-11-8-12;8-6-9-7-4-2-1-3-5-7;1-3-2;1-2/h15-17,26H,6-14H2,1-5H3;1,3-6,8H,7H2,(H,11,12);1-6H;1-2H3;2H2,1H3. The quantitative estimate of drug-likeness (QED) is 0.225. The first-order chi connectivity index (χ1) is 26.1. The number of methoxy groups -OCH3 is 1. The summed E-state index contributed by atoms with van der Waals surface area (Å²) in [5.41, 5.74) is 5.62. The van der Waals surface area contributed by atoms with Gasteiger partial charge in [0.05, 0.1) is 6.10 Å². The van der Waals surface area contributed by atoms with Crippen LogP contribution in [-0.4, -0.2) is 129 Å². The average Bonchev–Trinajstić information content (AvgIpc) is 3.61. The van der Waals surface area contributed by atoms with Crippen LogP contribution >= 0.6 is 0 Å². The van der Waals surface area contributed by atoms with Crippen molar-refractivity contribution in [2.75, 3.05) is 60.5 Å². The number of likely N-dealkylation sites (tertiary alicyclic amines) is 1. The van der Waals surface area contributed by atoms with Crippen molar-refractivity contribution in [1.29, 1.82) is 0 Å². The molecule has 2 aromatic rings. The van der Waals surface area contributed by atoms with Gasteiger partial charge >= 0.3 is 6.09 Å². The molecule has 0 aliphatic carbocycles. The van der Waals surface area contributed by atoms with Crippen molar-refractivity contribution >= 4 is 31.2 Å². The number of nitrogens with one attached hydrogen (secondary N) is 1. The Kier molecular flexibility index (Phi) is 25.3. The molecule has 0 bridgehead atoms. The first kappa shape index (κ1) is 50.2. The first-order valence-electron chi connectivity index (χ1n) is 18.1. The average molecular weight is 770 g/mol. The lowest BCUT2D eigenvalue weighted by Gasteiger charge is -2.40. The van der Waals surface area contributed by atoms with Crippen LogP contribution in [0.15, 0.2) is 54.6 Å². The van der Waals surface area contributed by atoms with Crippen LogP contribution in [-0.2, 0) is 35.2 Å². The minimum Gasteiger partial charge on any atom is -0.444 e. The Morgan fingerprint density at radius 3 is 2.07 bits per heavy atom. The molecule has 2 aromatic carbocycles. The van der Waals surface area contributed by atoms with E-state index in [1.165, 1.54) is 11.9 Å². The van der Waals surface area contributed by atoms with Crippen molar-refractivity contribution in [2.45, 2.75) is 78.2 Å². The molecule has 2 aliphatic heterocycles. The number of aldehydes is 1. The fraction of sp³-hybridized carbons (Fsp3) is 0.537. The number of carbonyl (C=O) groups is 5. The van der Waals surface area contributed by atoms with E-state index in [1.807, 2.05) is 51.1 Å². The van der Waals surface area contributed by atoms with Crippen LogP contribution in [0.1, 0.15) is 65.0 Å². The summed E-state index contributed by atoms with van der Waals surface area (Å²) in [7, 11) is 4.75. The molecule has 0 aromatic heterocycles. The zero-order chi connectivity index (χ0) is 41.9. The van der Waals surface area contributed by atoms with E-state index in [-0.39, 0.29) is 11.3 Å². The van der Waals surface area contributed by atoms with Gasteiger partial charge in [-0.15, -0.1) is 6.42 Å². The van der Waals surface area contributed by atoms with Gasteiger partial charge in [-0.1, -0.05) is 50.1 Å². The summed E-state index contributed by atoms with van der Waals surface area (Å²) in [6.45, 7) is 14.0. The van der Waals surface area contributed by atoms with Crippen molar-refractivity contribution in [2.24, 2.45) is 11.1 Å². The number of aliphatic hydroxyl groups is 1. The van der Waals surface area contributed by atoms with Crippen LogP contribution in [0.2, 0.25) is 0 Å². The molecule has 4 N–H and O–H groups in total. The Morgan fingerprint density at radius 2 is 1.58 bits per heavy atom. The zero-order valence-corrected chi connectivity index (χ0v) is 33.9. The summed E-state index contributed by atoms with van der Waals surface area (Å²) in [6.07, 6.45) is 7.72. The summed E-state index contributed by atoms with van der Waals surface area (Å²) in [5, 5.41) is 12.2. The summed E-state index contributed by atoms with van der Waals surface area (Å²) in [6, 6.07) is 15.9. The van der Waals surface area contributed by atoms with Gasteiger partial charge in [0, 0.05) is 65.5 Å². The van der Waals surface area contributed by atoms with E-state index in [9.17, 15) is 29.1 Å². The maximum absolute atomic E-state index is 12.5. The van der Waals surface area contributed by atoms with Gasteiger partial charge in [0.15, 0.2) is 0 Å². The van der Waals surface area contributed by atoms with Gasteiger partial charge in [-0.05, 0) is 82.4 Å². The SMILES string of the molecule is C#Cc1ccc(CNC=O)cc1.CC(C)(CCN1CCN(C(=O)OC(C)(C)C)C(C=O)C1)CC(=O)N1CCC(O)C1.CN.COC.O=COc1ccccc1. The van der Waals surface area contributed by atoms with Gasteiger partial charge in [0.25, 0.3) is 6.47 Å². The third kappa shape index (κ3) is 22.2. The molecule has 2 heterocycles. The number of para-hydroxylation sites is 1. The van der Waals surface area contributed by atoms with Crippen molar-refractivity contribution < 1.29 is 43.3 Å². The third-order valence-corrected chi connectivity index (χ3v) is 7.98. The van der Waals surface area contributed by atoms with Gasteiger partial charge in [0.2, 0.25) is 12.3 Å². The highest BCUT2D eigenvalue weighted by Crippen LogP contribution is 2.28. The van der Waals surface area contributed by atoms with Crippen molar-refractivity contribution in [3.05, 3.63) is 65.7 Å². The van der Waals surface area contributed by atoms with Crippen LogP contribution in [0.3, 0.4) is 0 Å². The van der Waals surface area contributed by atoms with Gasteiger partial charge < -0.3 is 40.1 Å². The number of β-amino-alcohol motifs (C(OH)–C–C–N with tert-alkyl or cyclic N) is 1. The fourth-order valence-electron chi connectivity index (χ4n) is 5.21. The van der Waals surface area contributed by atoms with E-state index in [1.54, 1.807) is 43.4 Å². The summed E-state index contributed by atoms with van der Waals surface area (Å²) in [5.74, 6) is 3.19. The highest BCUT2D eigenvalue weighted by Gasteiger charge is 2.34. The minimum atomic E-state index is -0.594. The molecule has 2 aliphatic rings. The first-order valence-corrected chi connectivity index (χ1v) is 18.1. The monoisotopic (exact) mass is 769 g/mol. The normalized spacial score (nSPS) is 16.3. The number of benzene rings is 2. The molecule has 14 heteroatoms. The summed E-state index contributed by atoms with van der Waals surface area (Å²) < 4.78 is 14.2. The number of carbonyl (C=O) groups excluding carboxylic acids is 5. The lowest BCUT2D eigenvalue weighted by atomic mass is 9.84. The molecule has 306 valence electrons. The lowest BCUT2D eigenvalue weighted by Crippen LogP contribution is -2.57. The van der Waals surface area contributed by atoms with E-state index in [2.05, 4.69) is 45.2 Å². The van der Waals surface area contributed by atoms with Crippen molar-refractivity contribution in [3.8, 4) is 18.1 Å². The third-order valence-electron chi connectivity index (χ3n) is 7.98. The number of amides is 3. The molecule has 55 heavy (non-hydrogen) atoms. The van der Waals surface area contributed by atoms with Gasteiger partial charge in [-0.3, -0.25) is 24.2 Å². The van der Waals surface area contributed by atoms with Crippen molar-refractivity contribution in [3.63, 3.8) is 0 Å². The topological polar surface area (TPSA) is 181 Å². The number of piperazine rings is 1. The van der Waals surface area contributed by atoms with E-state index >= 15 is 0 Å². The second kappa shape index (κ2) is 27.7. The number of nitrogens with two attached hydrogens (primary N) is 1. The fourth-order valence-corrected chi connectivity index (χ4v) is 5.21. The molecule has 0 radical (unpaired) electrons. The lowest BCUT2D eigenvalue weighted by molar-refractivity contribution is -0.132. The van der Waals surface area contributed by atoms with E-state index < -0.39 is 23.8 Å². The number of hydrogen-bond donors (Lipinski definition) is 3. The minimum absolute atomic E-state index is 0.0899. The molecule has 2 fully saturated rings. The van der Waals surface area contributed by atoms with Gasteiger partial charge in [0.1, 0.15) is 23.7 Å². The van der Waals surface area contributed by atoms with Crippen LogP contribution < -0.4 is 15.8 Å². The highest BCUT2D eigenvalue weighted by molar-refractivity contribution is 5.77. The number of rotatable bonds is 11. The highest BCUT2D eigenvalue weighted by atomic mass is 16.6. The predicted octanol–water partition coefficient (Wildman–Crippen LogP) is 3.48. The number of aliphatic hydroxyl groups excluding tert-OH is 1. The molecule has 2 unspecified atom stereocenters. The summed E-state index contributed by atoms with van der Waals surface area (Å²) >= 11 is 0. The molecule has 0 saturated carbocycles. The Morgan fingerprint density at radius 1 is 0.964 bits per heavy atom. The van der Waals surface area contributed by atoms with Crippen LogP contribution in [0.4, 0.5) is 4.79 Å². The maximum atomic E-state index is 12.5. The van der Waals surface area contributed by atoms with Gasteiger partial charge in [-0.25, -0.2) is 4.79 Å². The largest absolute Gasteiger partial charge is 0.444 e. The van der Waals surface area contributed by atoms with Crippen LogP contribution in [0, 0.1) is 17.8 Å². The molecule has 2 saturated heterocycles.